The van der Waals surface area contributed by atoms with Gasteiger partial charge in [-0.25, -0.2) is 4.79 Å². The fourth-order valence-corrected chi connectivity index (χ4v) is 3.71. The van der Waals surface area contributed by atoms with Gasteiger partial charge in [0.05, 0.1) is 11.5 Å². The number of carboxylic acids is 1. The van der Waals surface area contributed by atoms with Crippen molar-refractivity contribution in [2.24, 2.45) is 0 Å². The van der Waals surface area contributed by atoms with E-state index in [-0.39, 0.29) is 22.5 Å². The van der Waals surface area contributed by atoms with Crippen LogP contribution >= 0.6 is 0 Å². The molecule has 38 heavy (non-hydrogen) atoms. The summed E-state index contributed by atoms with van der Waals surface area (Å²) >= 11 is 0. The van der Waals surface area contributed by atoms with Gasteiger partial charge < -0.3 is 35.1 Å². The number of carbonyl (C=O) groups is 3. The van der Waals surface area contributed by atoms with Crippen molar-refractivity contribution in [2.75, 3.05) is 13.2 Å². The van der Waals surface area contributed by atoms with E-state index in [1.165, 1.54) is 43.5 Å². The van der Waals surface area contributed by atoms with Crippen LogP contribution in [0.1, 0.15) is 27.7 Å². The summed E-state index contributed by atoms with van der Waals surface area (Å²) in [6.45, 7) is 1.23. The number of allylic oxidation sites excluding steroid dienone is 1. The number of hydrogen-bond acceptors (Lipinski definition) is 9. The molecular formula is C26H22N3O9+. The number of nitrogens with one attached hydrogen (secondary N) is 3. The van der Waals surface area contributed by atoms with E-state index in [1.807, 2.05) is 0 Å². The fourth-order valence-electron chi connectivity index (χ4n) is 3.71. The number of aryl methyl sites for hydroxylation is 1. The van der Waals surface area contributed by atoms with Crippen molar-refractivity contribution in [2.45, 2.75) is 13.0 Å². The van der Waals surface area contributed by atoms with E-state index in [4.69, 9.17) is 14.3 Å². The molecule has 1 atom stereocenters. The maximum absolute atomic E-state index is 13.3. The van der Waals surface area contributed by atoms with Crippen LogP contribution in [0.2, 0.25) is 0 Å². The highest BCUT2D eigenvalue weighted by Gasteiger charge is 2.29. The molecule has 0 saturated heterocycles. The van der Waals surface area contributed by atoms with Gasteiger partial charge in [0, 0.05) is 0 Å². The Kier molecular flexibility index (Phi) is 7.26. The number of ether oxygens (including phenoxy) is 1. The summed E-state index contributed by atoms with van der Waals surface area (Å²) in [5, 5.41) is 36.5. The number of fused-ring (bicyclic) bond motifs is 1. The van der Waals surface area contributed by atoms with Crippen molar-refractivity contribution in [1.29, 1.82) is 0 Å². The van der Waals surface area contributed by atoms with E-state index < -0.39 is 52.9 Å². The molecule has 0 aliphatic carbocycles. The number of carbonyl (C=O) groups excluding carboxylic acids is 2. The van der Waals surface area contributed by atoms with E-state index in [9.17, 15) is 29.4 Å². The predicted octanol–water partition coefficient (Wildman–Crippen LogP) is 1.37. The van der Waals surface area contributed by atoms with Crippen LogP contribution in [0.3, 0.4) is 0 Å². The first-order valence-electron chi connectivity index (χ1n) is 11.2. The molecule has 0 spiro atoms. The molecule has 1 aliphatic rings. The van der Waals surface area contributed by atoms with Crippen LogP contribution in [0.4, 0.5) is 0 Å². The Bertz CT molecular complexity index is 1540. The third kappa shape index (κ3) is 5.40. The number of amides is 2. The Labute approximate surface area is 214 Å². The molecular weight excluding hydrogens is 498 g/mol. The highest BCUT2D eigenvalue weighted by atomic mass is 16.5. The average molecular weight is 520 g/mol. The van der Waals surface area contributed by atoms with Gasteiger partial charge in [0.1, 0.15) is 41.9 Å². The second kappa shape index (κ2) is 10.7. The first kappa shape index (κ1) is 25.7. The monoisotopic (exact) mass is 520 g/mol. The molecule has 12 nitrogen and oxygen atoms in total. The molecule has 0 saturated carbocycles. The highest BCUT2D eigenvalue weighted by molar-refractivity contribution is 6.01. The number of aromatic hydroxyl groups is 2. The van der Waals surface area contributed by atoms with Gasteiger partial charge in [-0.1, -0.05) is 12.1 Å². The van der Waals surface area contributed by atoms with Gasteiger partial charge in [0.15, 0.2) is 17.9 Å². The standard InChI is InChI=1S/C26H21N3O9/c1-13-20(22(33)17-6-7-18(30)23(34)24(17)38-13)25(35)29-21(26(36)28-15-8-10-27-11-9-15)14-2-4-16(5-3-14)37-12-19(31)32/h2-8,11,21,27H,10,12H2,1H3,(H4-,28,29,30,31,32,33,34,35,36)/p+1. The van der Waals surface area contributed by atoms with Crippen molar-refractivity contribution in [3.8, 4) is 17.2 Å². The maximum Gasteiger partial charge on any atom is 0.341 e. The molecule has 194 valence electrons. The van der Waals surface area contributed by atoms with E-state index in [0.717, 1.165) is 6.07 Å². The van der Waals surface area contributed by atoms with Crippen LogP contribution in [0, 0.1) is 13.0 Å². The zero-order valence-corrected chi connectivity index (χ0v) is 19.9. The number of aliphatic carboxylic acids is 1. The minimum Gasteiger partial charge on any atom is -0.504 e. The number of carboxylic acid groups (broad SMARTS) is 1. The van der Waals surface area contributed by atoms with E-state index in [1.54, 1.807) is 6.08 Å². The van der Waals surface area contributed by atoms with Crippen LogP contribution in [0.5, 0.6) is 17.2 Å². The minimum atomic E-state index is -1.30. The number of rotatable bonds is 8. The molecule has 3 aromatic rings. The van der Waals surface area contributed by atoms with Crippen LogP contribution in [0.15, 0.2) is 63.6 Å². The van der Waals surface area contributed by atoms with Crippen molar-refractivity contribution >= 4 is 28.8 Å². The van der Waals surface area contributed by atoms with Gasteiger partial charge in [0.2, 0.25) is 11.2 Å². The summed E-state index contributed by atoms with van der Waals surface area (Å²) in [6, 6.07) is 6.81. The smallest absolute Gasteiger partial charge is 0.341 e. The number of phenols is 2. The molecule has 1 aromatic heterocycles. The molecule has 2 aromatic carbocycles. The number of hydrogen-bond donors (Lipinski definition) is 6. The molecule has 12 heteroatoms. The molecule has 0 fully saturated rings. The fraction of sp³-hybridized carbons (Fsp3) is 0.154. The first-order chi connectivity index (χ1) is 18.2. The lowest BCUT2D eigenvalue weighted by Crippen LogP contribution is -2.41. The van der Waals surface area contributed by atoms with E-state index >= 15 is 0 Å². The second-order valence-corrected chi connectivity index (χ2v) is 8.13. The van der Waals surface area contributed by atoms with Crippen molar-refractivity contribution in [3.05, 3.63) is 87.6 Å². The third-order valence-corrected chi connectivity index (χ3v) is 5.54. The molecule has 0 bridgehead atoms. The van der Waals surface area contributed by atoms with Gasteiger partial charge in [0.25, 0.3) is 17.5 Å². The van der Waals surface area contributed by atoms with Gasteiger partial charge in [-0.15, -0.1) is 0 Å². The van der Waals surface area contributed by atoms with E-state index in [0.29, 0.717) is 17.8 Å². The Balaban J connectivity index is 1.68. The van der Waals surface area contributed by atoms with Crippen molar-refractivity contribution < 1.29 is 38.9 Å². The Morgan fingerprint density at radius 3 is 2.55 bits per heavy atom. The molecule has 1 aliphatic heterocycles. The predicted molar refractivity (Wildman–Crippen MR) is 132 cm³/mol. The van der Waals surface area contributed by atoms with Gasteiger partial charge in [-0.05, 0) is 36.8 Å². The lowest BCUT2D eigenvalue weighted by atomic mass is 10.0. The van der Waals surface area contributed by atoms with Gasteiger partial charge in [-0.2, -0.15) is 0 Å². The summed E-state index contributed by atoms with van der Waals surface area (Å²) in [5.41, 5.74) is -0.774. The normalized spacial score (nSPS) is 13.0. The SMILES string of the molecule is Cc1oc2c(O)c(O)ccc2c(=O)c1C(=O)NC(C(=O)NC1=CCNC=[C+]1)c1ccc(OCC(=O)O)cc1. The Morgan fingerprint density at radius 1 is 1.16 bits per heavy atom. The third-order valence-electron chi connectivity index (χ3n) is 5.54. The summed E-state index contributed by atoms with van der Waals surface area (Å²) in [6.07, 6.45) is 6.01. The minimum absolute atomic E-state index is 0.142. The first-order valence-corrected chi connectivity index (χ1v) is 11.2. The van der Waals surface area contributed by atoms with Crippen molar-refractivity contribution in [1.82, 2.24) is 16.0 Å². The Morgan fingerprint density at radius 2 is 1.89 bits per heavy atom. The lowest BCUT2D eigenvalue weighted by molar-refractivity contribution is -0.139. The second-order valence-electron chi connectivity index (χ2n) is 8.13. The average Bonchev–Trinajstić information content (AvgIpc) is 2.89. The largest absolute Gasteiger partial charge is 0.504 e. The van der Waals surface area contributed by atoms with E-state index in [2.05, 4.69) is 22.0 Å². The molecule has 1 unspecified atom stereocenters. The number of dihydropyridines is 1. The zero-order valence-electron chi connectivity index (χ0n) is 19.9. The van der Waals surface area contributed by atoms with Crippen molar-refractivity contribution in [3.63, 3.8) is 0 Å². The molecule has 0 radical (unpaired) electrons. The molecule has 2 heterocycles. The summed E-state index contributed by atoms with van der Waals surface area (Å²) in [4.78, 5) is 50.4. The summed E-state index contributed by atoms with van der Waals surface area (Å²) in [7, 11) is 0. The van der Waals surface area contributed by atoms with Crippen LogP contribution in [0.25, 0.3) is 11.0 Å². The molecule has 2 amide bonds. The topological polar surface area (TPSA) is 187 Å². The number of phenolic OH excluding ortho intramolecular Hbond substituents is 2. The lowest BCUT2D eigenvalue weighted by Gasteiger charge is -2.19. The molecule has 6 N–H and O–H groups in total. The summed E-state index contributed by atoms with van der Waals surface area (Å²) < 4.78 is 10.6. The molecule has 4 rings (SSSR count). The number of benzene rings is 2. The van der Waals surface area contributed by atoms with Gasteiger partial charge >= 0.3 is 5.97 Å². The van der Waals surface area contributed by atoms with Gasteiger partial charge in [-0.3, -0.25) is 19.7 Å². The Hall–Kier alpha value is -5.35. The summed E-state index contributed by atoms with van der Waals surface area (Å²) in [5.74, 6) is -3.78. The van der Waals surface area contributed by atoms with Crippen LogP contribution < -0.4 is 26.1 Å². The quantitative estimate of drug-likeness (QED) is 0.187. The van der Waals surface area contributed by atoms with Crippen LogP contribution in [-0.2, 0) is 9.59 Å². The zero-order chi connectivity index (χ0) is 27.4. The van der Waals surface area contributed by atoms with Crippen LogP contribution in [-0.4, -0.2) is 46.3 Å². The maximum atomic E-state index is 13.3. The highest BCUT2D eigenvalue weighted by Crippen LogP contribution is 2.33.